The third-order valence-electron chi connectivity index (χ3n) is 5.04. The van der Waals surface area contributed by atoms with Gasteiger partial charge >= 0.3 is 0 Å². The second kappa shape index (κ2) is 10.2. The third kappa shape index (κ3) is 4.99. The van der Waals surface area contributed by atoms with Crippen molar-refractivity contribution in [2.24, 2.45) is 0 Å². The third-order valence-corrected chi connectivity index (χ3v) is 5.04. The van der Waals surface area contributed by atoms with Crippen molar-refractivity contribution in [1.82, 2.24) is 0 Å². The Balaban J connectivity index is 1.89. The highest BCUT2D eigenvalue weighted by Gasteiger charge is 2.31. The van der Waals surface area contributed by atoms with E-state index < -0.39 is 0 Å². The van der Waals surface area contributed by atoms with Crippen molar-refractivity contribution in [3.05, 3.63) is 58.8 Å². The summed E-state index contributed by atoms with van der Waals surface area (Å²) in [4.78, 5) is 14.0. The summed E-state index contributed by atoms with van der Waals surface area (Å²) >= 11 is 0. The van der Waals surface area contributed by atoms with Gasteiger partial charge in [-0.1, -0.05) is 23.9 Å². The molecule has 0 atom stereocenters. The number of ketones is 1. The molecule has 0 radical (unpaired) electrons. The number of benzene rings is 2. The lowest BCUT2D eigenvalue weighted by atomic mass is 10.0. The SMILES string of the molecule is COCC[NH+](CCOC)Cc1c([O-])ccc2c1O/C(=C\c1cccc(OC)c1)C2=O. The van der Waals surface area contributed by atoms with Crippen LogP contribution in [0.5, 0.6) is 17.2 Å². The Morgan fingerprint density at radius 1 is 1.07 bits per heavy atom. The molecule has 0 saturated carbocycles. The van der Waals surface area contributed by atoms with Gasteiger partial charge in [0, 0.05) is 19.8 Å². The fourth-order valence-electron chi connectivity index (χ4n) is 3.38. The molecular formula is C23H27NO6. The zero-order valence-corrected chi connectivity index (χ0v) is 17.5. The quantitative estimate of drug-likeness (QED) is 0.587. The summed E-state index contributed by atoms with van der Waals surface area (Å²) in [6.07, 6.45) is 1.67. The first-order valence-corrected chi connectivity index (χ1v) is 9.80. The summed E-state index contributed by atoms with van der Waals surface area (Å²) in [5.41, 5.74) is 1.69. The van der Waals surface area contributed by atoms with Gasteiger partial charge in [-0.15, -0.1) is 0 Å². The van der Waals surface area contributed by atoms with Crippen LogP contribution in [0.25, 0.3) is 6.08 Å². The van der Waals surface area contributed by atoms with Gasteiger partial charge in [-0.25, -0.2) is 0 Å². The van der Waals surface area contributed by atoms with E-state index in [9.17, 15) is 9.90 Å². The summed E-state index contributed by atoms with van der Waals surface area (Å²) in [6, 6.07) is 10.3. The van der Waals surface area contributed by atoms with Crippen LogP contribution in [-0.2, 0) is 16.0 Å². The van der Waals surface area contributed by atoms with E-state index in [0.717, 1.165) is 10.5 Å². The summed E-state index contributed by atoms with van der Waals surface area (Å²) < 4.78 is 21.5. The number of carbonyl (C=O) groups is 1. The Kier molecular flexibility index (Phi) is 7.46. The predicted octanol–water partition coefficient (Wildman–Crippen LogP) is 1.06. The largest absolute Gasteiger partial charge is 0.872 e. The maximum Gasteiger partial charge on any atom is 0.231 e. The van der Waals surface area contributed by atoms with E-state index in [2.05, 4.69) is 0 Å². The molecule has 0 unspecified atom stereocenters. The molecular weight excluding hydrogens is 386 g/mol. The number of nitrogens with one attached hydrogen (secondary N) is 1. The first-order chi connectivity index (χ1) is 14.6. The highest BCUT2D eigenvalue weighted by molar-refractivity contribution is 6.14. The normalized spacial score (nSPS) is 14.3. The number of Topliss-reactive ketones (excluding diaryl/α,β-unsaturated/α-hetero) is 1. The highest BCUT2D eigenvalue weighted by Crippen LogP contribution is 2.38. The van der Waals surface area contributed by atoms with Crippen molar-refractivity contribution < 1.29 is 33.7 Å². The maximum atomic E-state index is 12.9. The Hall–Kier alpha value is -2.87. The van der Waals surface area contributed by atoms with E-state index in [0.29, 0.717) is 55.5 Å². The number of hydrogen-bond donors (Lipinski definition) is 1. The van der Waals surface area contributed by atoms with Gasteiger partial charge in [-0.2, -0.15) is 0 Å². The molecule has 160 valence electrons. The molecule has 1 aliphatic rings. The Labute approximate surface area is 176 Å². The summed E-state index contributed by atoms with van der Waals surface area (Å²) in [5.74, 6) is 0.862. The summed E-state index contributed by atoms with van der Waals surface area (Å²) in [7, 11) is 4.87. The molecule has 0 aromatic heterocycles. The van der Waals surface area contributed by atoms with Crippen LogP contribution in [0.3, 0.4) is 0 Å². The number of hydrogen-bond acceptors (Lipinski definition) is 6. The summed E-state index contributed by atoms with van der Waals surface area (Å²) in [6.45, 7) is 2.97. The number of rotatable bonds is 10. The molecule has 1 aliphatic heterocycles. The molecule has 2 aromatic rings. The fraction of sp³-hybridized carbons (Fsp3) is 0.348. The van der Waals surface area contributed by atoms with Crippen LogP contribution in [-0.4, -0.2) is 53.4 Å². The minimum atomic E-state index is -0.232. The van der Waals surface area contributed by atoms with Crippen molar-refractivity contribution in [3.63, 3.8) is 0 Å². The lowest BCUT2D eigenvalue weighted by Crippen LogP contribution is -3.11. The number of ether oxygens (including phenoxy) is 4. The molecule has 7 nitrogen and oxygen atoms in total. The van der Waals surface area contributed by atoms with E-state index in [4.69, 9.17) is 18.9 Å². The minimum absolute atomic E-state index is 0.142. The average Bonchev–Trinajstić information content (AvgIpc) is 3.07. The first-order valence-electron chi connectivity index (χ1n) is 9.80. The highest BCUT2D eigenvalue weighted by atomic mass is 16.5. The van der Waals surface area contributed by atoms with E-state index in [1.807, 2.05) is 24.3 Å². The standard InChI is InChI=1S/C23H27NO6/c1-27-11-9-24(10-12-28-2)15-19-20(25)8-7-18-22(26)21(30-23(18)19)14-16-5-4-6-17(13-16)29-3/h4-8,13-14,25H,9-12,15H2,1-3H3/b21-14-. The fourth-order valence-corrected chi connectivity index (χ4v) is 3.38. The van der Waals surface area contributed by atoms with Crippen molar-refractivity contribution in [2.45, 2.75) is 6.54 Å². The monoisotopic (exact) mass is 413 g/mol. The first kappa shape index (κ1) is 21.8. The van der Waals surface area contributed by atoms with Gasteiger partial charge in [0.05, 0.1) is 25.9 Å². The lowest BCUT2D eigenvalue weighted by Gasteiger charge is -2.23. The molecule has 0 fully saturated rings. The second-order valence-corrected chi connectivity index (χ2v) is 7.05. The van der Waals surface area contributed by atoms with Crippen LogP contribution in [0.15, 0.2) is 42.2 Å². The Morgan fingerprint density at radius 3 is 2.47 bits per heavy atom. The van der Waals surface area contributed by atoms with Gasteiger partial charge in [-0.3, -0.25) is 4.79 Å². The zero-order valence-electron chi connectivity index (χ0n) is 17.5. The maximum absolute atomic E-state index is 12.9. The molecule has 3 rings (SSSR count). The zero-order chi connectivity index (χ0) is 21.5. The van der Waals surface area contributed by atoms with Crippen LogP contribution in [0, 0.1) is 0 Å². The van der Waals surface area contributed by atoms with Crippen molar-refractivity contribution in [1.29, 1.82) is 0 Å². The smallest absolute Gasteiger partial charge is 0.231 e. The number of fused-ring (bicyclic) bond motifs is 1. The Bertz CT molecular complexity index is 916. The van der Waals surface area contributed by atoms with Crippen LogP contribution >= 0.6 is 0 Å². The van der Waals surface area contributed by atoms with E-state index >= 15 is 0 Å². The molecule has 1 heterocycles. The Morgan fingerprint density at radius 2 is 1.80 bits per heavy atom. The molecule has 7 heteroatoms. The van der Waals surface area contributed by atoms with Crippen LogP contribution in [0.1, 0.15) is 21.5 Å². The van der Waals surface area contributed by atoms with Crippen LogP contribution in [0.4, 0.5) is 0 Å². The molecule has 0 bridgehead atoms. The topological polar surface area (TPSA) is 81.5 Å². The number of methoxy groups -OCH3 is 3. The average molecular weight is 413 g/mol. The molecule has 2 aromatic carbocycles. The molecule has 0 amide bonds. The van der Waals surface area contributed by atoms with Crippen molar-refractivity contribution >= 4 is 11.9 Å². The number of carbonyl (C=O) groups excluding carboxylic acids is 1. The molecule has 30 heavy (non-hydrogen) atoms. The van der Waals surface area contributed by atoms with Crippen molar-refractivity contribution in [2.75, 3.05) is 47.6 Å². The van der Waals surface area contributed by atoms with Gasteiger partial charge in [0.2, 0.25) is 5.78 Å². The summed E-state index contributed by atoms with van der Waals surface area (Å²) in [5, 5.41) is 12.6. The van der Waals surface area contributed by atoms with Crippen LogP contribution < -0.4 is 19.5 Å². The molecule has 0 saturated heterocycles. The number of quaternary nitrogens is 1. The van der Waals surface area contributed by atoms with Gasteiger partial charge in [0.1, 0.15) is 31.1 Å². The van der Waals surface area contributed by atoms with E-state index in [1.54, 1.807) is 33.5 Å². The molecule has 1 N–H and O–H groups in total. The lowest BCUT2D eigenvalue weighted by molar-refractivity contribution is -0.914. The number of allylic oxidation sites excluding steroid dienone is 1. The van der Waals surface area contributed by atoms with E-state index in [-0.39, 0.29) is 17.3 Å². The van der Waals surface area contributed by atoms with Crippen molar-refractivity contribution in [3.8, 4) is 17.2 Å². The van der Waals surface area contributed by atoms with Gasteiger partial charge in [0.15, 0.2) is 5.76 Å². The van der Waals surface area contributed by atoms with Gasteiger partial charge < -0.3 is 29.0 Å². The van der Waals surface area contributed by atoms with Gasteiger partial charge in [0.25, 0.3) is 0 Å². The van der Waals surface area contributed by atoms with E-state index in [1.165, 1.54) is 6.07 Å². The minimum Gasteiger partial charge on any atom is -0.872 e. The molecule has 0 aliphatic carbocycles. The predicted molar refractivity (Wildman–Crippen MR) is 110 cm³/mol. The van der Waals surface area contributed by atoms with Gasteiger partial charge in [-0.05, 0) is 29.8 Å². The van der Waals surface area contributed by atoms with Crippen LogP contribution in [0.2, 0.25) is 0 Å². The second-order valence-electron chi connectivity index (χ2n) is 7.05. The molecule has 0 spiro atoms.